The second-order valence-electron chi connectivity index (χ2n) is 3.76. The van der Waals surface area contributed by atoms with Crippen LogP contribution >= 0.6 is 0 Å². The minimum atomic E-state index is -0.0188. The van der Waals surface area contributed by atoms with Gasteiger partial charge in [-0.3, -0.25) is 4.79 Å². The first-order valence-corrected chi connectivity index (χ1v) is 5.67. The predicted molar refractivity (Wildman–Crippen MR) is 66.2 cm³/mol. The van der Waals surface area contributed by atoms with Gasteiger partial charge in [0.25, 0.3) is 0 Å². The standard InChI is InChI=1S/C13H19NO3/c1-11-4-3-5-12(10-11)17-8-6-13(15)14-7-9-16-2/h3-5,10H,6-9H2,1-2H3,(H,14,15). The Bertz CT molecular complexity index is 352. The van der Waals surface area contributed by atoms with E-state index in [9.17, 15) is 4.79 Å². The third-order valence-corrected chi connectivity index (χ3v) is 2.22. The van der Waals surface area contributed by atoms with Crippen molar-refractivity contribution in [2.24, 2.45) is 0 Å². The molecule has 1 rings (SSSR count). The Labute approximate surface area is 102 Å². The first-order chi connectivity index (χ1) is 8.22. The number of aryl methyl sites for hydroxylation is 1. The molecule has 0 bridgehead atoms. The average molecular weight is 237 g/mol. The largest absolute Gasteiger partial charge is 0.493 e. The number of methoxy groups -OCH3 is 1. The molecule has 0 spiro atoms. The molecule has 0 unspecified atom stereocenters. The number of carbonyl (C=O) groups is 1. The molecular formula is C13H19NO3. The van der Waals surface area contributed by atoms with E-state index in [1.165, 1.54) is 0 Å². The van der Waals surface area contributed by atoms with Crippen molar-refractivity contribution in [1.29, 1.82) is 0 Å². The van der Waals surface area contributed by atoms with Gasteiger partial charge in [-0.25, -0.2) is 0 Å². The molecule has 4 nitrogen and oxygen atoms in total. The van der Waals surface area contributed by atoms with E-state index in [4.69, 9.17) is 9.47 Å². The van der Waals surface area contributed by atoms with Crippen LogP contribution in [0.2, 0.25) is 0 Å². The maximum atomic E-state index is 11.3. The third kappa shape index (κ3) is 5.92. The maximum absolute atomic E-state index is 11.3. The average Bonchev–Trinajstić information content (AvgIpc) is 2.29. The molecular weight excluding hydrogens is 218 g/mol. The summed E-state index contributed by atoms with van der Waals surface area (Å²) in [7, 11) is 1.60. The summed E-state index contributed by atoms with van der Waals surface area (Å²) in [5.41, 5.74) is 1.15. The Hall–Kier alpha value is -1.55. The molecule has 1 aromatic rings. The maximum Gasteiger partial charge on any atom is 0.223 e. The zero-order chi connectivity index (χ0) is 12.5. The van der Waals surface area contributed by atoms with Crippen molar-refractivity contribution in [2.75, 3.05) is 26.9 Å². The highest BCUT2D eigenvalue weighted by atomic mass is 16.5. The van der Waals surface area contributed by atoms with Gasteiger partial charge in [-0.2, -0.15) is 0 Å². The molecule has 0 saturated carbocycles. The lowest BCUT2D eigenvalue weighted by atomic mass is 10.2. The van der Waals surface area contributed by atoms with Crippen molar-refractivity contribution in [3.8, 4) is 5.75 Å². The van der Waals surface area contributed by atoms with Crippen LogP contribution in [0.4, 0.5) is 0 Å². The van der Waals surface area contributed by atoms with Crippen molar-refractivity contribution in [3.63, 3.8) is 0 Å². The molecule has 1 aromatic carbocycles. The van der Waals surface area contributed by atoms with Crippen LogP contribution in [0.1, 0.15) is 12.0 Å². The first-order valence-electron chi connectivity index (χ1n) is 5.67. The highest BCUT2D eigenvalue weighted by Gasteiger charge is 2.01. The lowest BCUT2D eigenvalue weighted by Gasteiger charge is -2.07. The number of carbonyl (C=O) groups excluding carboxylic acids is 1. The molecule has 0 saturated heterocycles. The summed E-state index contributed by atoms with van der Waals surface area (Å²) in [4.78, 5) is 11.3. The summed E-state index contributed by atoms with van der Waals surface area (Å²) in [5.74, 6) is 0.782. The zero-order valence-corrected chi connectivity index (χ0v) is 10.4. The van der Waals surface area contributed by atoms with Gasteiger partial charge in [0.2, 0.25) is 5.91 Å². The van der Waals surface area contributed by atoms with Gasteiger partial charge in [0.1, 0.15) is 5.75 Å². The SMILES string of the molecule is COCCNC(=O)CCOc1cccc(C)c1. The second kappa shape index (κ2) is 7.68. The fourth-order valence-corrected chi connectivity index (χ4v) is 1.35. The normalized spacial score (nSPS) is 10.0. The van der Waals surface area contributed by atoms with Crippen molar-refractivity contribution in [3.05, 3.63) is 29.8 Å². The van der Waals surface area contributed by atoms with E-state index in [1.54, 1.807) is 7.11 Å². The van der Waals surface area contributed by atoms with Crippen LogP contribution in [0.5, 0.6) is 5.75 Å². The summed E-state index contributed by atoms with van der Waals surface area (Å²) in [6.45, 7) is 3.47. The molecule has 0 heterocycles. The van der Waals surface area contributed by atoms with Crippen LogP contribution in [-0.2, 0) is 9.53 Å². The molecule has 0 fully saturated rings. The van der Waals surface area contributed by atoms with Crippen LogP contribution in [0.15, 0.2) is 24.3 Å². The molecule has 1 amide bonds. The van der Waals surface area contributed by atoms with Gasteiger partial charge >= 0.3 is 0 Å². The van der Waals surface area contributed by atoms with Crippen molar-refractivity contribution in [2.45, 2.75) is 13.3 Å². The minimum absolute atomic E-state index is 0.0188. The van der Waals surface area contributed by atoms with E-state index in [0.717, 1.165) is 11.3 Å². The number of amides is 1. The summed E-state index contributed by atoms with van der Waals surface area (Å²) >= 11 is 0. The number of hydrogen-bond donors (Lipinski definition) is 1. The summed E-state index contributed by atoms with van der Waals surface area (Å²) < 4.78 is 10.3. The highest BCUT2D eigenvalue weighted by Crippen LogP contribution is 2.12. The predicted octanol–water partition coefficient (Wildman–Crippen LogP) is 1.53. The molecule has 0 aliphatic carbocycles. The molecule has 17 heavy (non-hydrogen) atoms. The number of nitrogens with one attached hydrogen (secondary N) is 1. The van der Waals surface area contributed by atoms with E-state index in [-0.39, 0.29) is 5.91 Å². The highest BCUT2D eigenvalue weighted by molar-refractivity contribution is 5.75. The summed E-state index contributed by atoms with van der Waals surface area (Å²) in [6.07, 6.45) is 0.359. The second-order valence-corrected chi connectivity index (χ2v) is 3.76. The number of ether oxygens (including phenoxy) is 2. The molecule has 0 atom stereocenters. The topological polar surface area (TPSA) is 47.6 Å². The van der Waals surface area contributed by atoms with E-state index in [1.807, 2.05) is 31.2 Å². The first kappa shape index (κ1) is 13.5. The Morgan fingerprint density at radius 3 is 2.88 bits per heavy atom. The van der Waals surface area contributed by atoms with E-state index >= 15 is 0 Å². The van der Waals surface area contributed by atoms with E-state index in [0.29, 0.717) is 26.2 Å². The van der Waals surface area contributed by atoms with Crippen LogP contribution in [0, 0.1) is 6.92 Å². The monoisotopic (exact) mass is 237 g/mol. The Kier molecular flexibility index (Phi) is 6.10. The van der Waals surface area contributed by atoms with E-state index in [2.05, 4.69) is 5.32 Å². The minimum Gasteiger partial charge on any atom is -0.493 e. The Morgan fingerprint density at radius 1 is 1.35 bits per heavy atom. The quantitative estimate of drug-likeness (QED) is 0.731. The zero-order valence-electron chi connectivity index (χ0n) is 10.4. The number of rotatable bonds is 7. The molecule has 94 valence electrons. The molecule has 0 aliphatic rings. The van der Waals surface area contributed by atoms with Crippen LogP contribution in [-0.4, -0.2) is 32.8 Å². The molecule has 0 radical (unpaired) electrons. The van der Waals surface area contributed by atoms with Crippen molar-refractivity contribution >= 4 is 5.91 Å². The van der Waals surface area contributed by atoms with E-state index < -0.39 is 0 Å². The van der Waals surface area contributed by atoms with Crippen LogP contribution < -0.4 is 10.1 Å². The fourth-order valence-electron chi connectivity index (χ4n) is 1.35. The lowest BCUT2D eigenvalue weighted by Crippen LogP contribution is -2.28. The smallest absolute Gasteiger partial charge is 0.223 e. The molecule has 4 heteroatoms. The van der Waals surface area contributed by atoms with Gasteiger partial charge in [0.15, 0.2) is 0 Å². The number of benzene rings is 1. The fraction of sp³-hybridized carbons (Fsp3) is 0.462. The van der Waals surface area contributed by atoms with Crippen LogP contribution in [0.3, 0.4) is 0 Å². The summed E-state index contributed by atoms with van der Waals surface area (Å²) in [5, 5.41) is 2.74. The Morgan fingerprint density at radius 2 is 2.18 bits per heavy atom. The van der Waals surface area contributed by atoms with Gasteiger partial charge in [-0.1, -0.05) is 12.1 Å². The van der Waals surface area contributed by atoms with Gasteiger partial charge in [0.05, 0.1) is 19.6 Å². The Balaban J connectivity index is 2.17. The summed E-state index contributed by atoms with van der Waals surface area (Å²) in [6, 6.07) is 7.77. The molecule has 0 aromatic heterocycles. The van der Waals surface area contributed by atoms with Crippen molar-refractivity contribution < 1.29 is 14.3 Å². The third-order valence-electron chi connectivity index (χ3n) is 2.22. The van der Waals surface area contributed by atoms with Gasteiger partial charge in [-0.05, 0) is 24.6 Å². The number of hydrogen-bond acceptors (Lipinski definition) is 3. The van der Waals surface area contributed by atoms with Gasteiger partial charge in [0, 0.05) is 13.7 Å². The molecule has 1 N–H and O–H groups in total. The molecule has 0 aliphatic heterocycles. The van der Waals surface area contributed by atoms with Crippen molar-refractivity contribution in [1.82, 2.24) is 5.32 Å². The van der Waals surface area contributed by atoms with Gasteiger partial charge in [-0.15, -0.1) is 0 Å². The van der Waals surface area contributed by atoms with Crippen LogP contribution in [0.25, 0.3) is 0 Å². The lowest BCUT2D eigenvalue weighted by molar-refractivity contribution is -0.121. The van der Waals surface area contributed by atoms with Gasteiger partial charge < -0.3 is 14.8 Å².